The number of allylic oxidation sites excluding steroid dienone is 2. The van der Waals surface area contributed by atoms with Crippen molar-refractivity contribution in [3.8, 4) is 11.5 Å². The Morgan fingerprint density at radius 1 is 1.22 bits per heavy atom. The molecule has 0 unspecified atom stereocenters. The summed E-state index contributed by atoms with van der Waals surface area (Å²) in [5.41, 5.74) is 7.70. The van der Waals surface area contributed by atoms with E-state index in [-0.39, 0.29) is 40.9 Å². The number of benzene rings is 2. The van der Waals surface area contributed by atoms with E-state index < -0.39 is 17.7 Å². The summed E-state index contributed by atoms with van der Waals surface area (Å²) in [7, 11) is 1.52. The highest BCUT2D eigenvalue weighted by Crippen LogP contribution is 2.48. The van der Waals surface area contributed by atoms with E-state index in [0.29, 0.717) is 46.8 Å². The van der Waals surface area contributed by atoms with Crippen LogP contribution in [0.15, 0.2) is 59.2 Å². The Kier molecular flexibility index (Phi) is 7.50. The van der Waals surface area contributed by atoms with Crippen LogP contribution in [-0.4, -0.2) is 25.5 Å². The van der Waals surface area contributed by atoms with Gasteiger partial charge in [-0.3, -0.25) is 4.79 Å². The molecule has 2 N–H and O–H groups in total. The number of methoxy groups -OCH3 is 1. The monoisotopic (exact) mass is 529 g/mol. The molecule has 1 atom stereocenters. The van der Waals surface area contributed by atoms with Crippen molar-refractivity contribution in [2.24, 2.45) is 11.1 Å². The van der Waals surface area contributed by atoms with Crippen LogP contribution in [0.4, 0.5) is 4.39 Å². The molecule has 2 aromatic rings. The SMILES string of the molecule is CCOC(=O)C1=C(N)OC2=C(C(=O)CC(C)(C)C2)[C@H]1c1ccc(OC)c(COc2ccc(F)c(Cl)c2)c1. The first-order chi connectivity index (χ1) is 17.5. The van der Waals surface area contributed by atoms with Crippen LogP contribution in [0.3, 0.4) is 0 Å². The molecule has 0 amide bonds. The first-order valence-electron chi connectivity index (χ1n) is 11.9. The molecule has 1 heterocycles. The molecule has 0 radical (unpaired) electrons. The number of esters is 1. The normalized spacial score (nSPS) is 18.8. The highest BCUT2D eigenvalue weighted by Gasteiger charge is 2.45. The van der Waals surface area contributed by atoms with Crippen molar-refractivity contribution >= 4 is 23.4 Å². The Morgan fingerprint density at radius 3 is 2.65 bits per heavy atom. The van der Waals surface area contributed by atoms with Gasteiger partial charge in [-0.2, -0.15) is 0 Å². The predicted octanol–water partition coefficient (Wildman–Crippen LogP) is 5.56. The highest BCUT2D eigenvalue weighted by molar-refractivity contribution is 6.30. The zero-order valence-corrected chi connectivity index (χ0v) is 21.9. The summed E-state index contributed by atoms with van der Waals surface area (Å²) < 4.78 is 36.0. The molecule has 0 bridgehead atoms. The number of ketones is 1. The summed E-state index contributed by atoms with van der Waals surface area (Å²) in [6.07, 6.45) is 0.804. The van der Waals surface area contributed by atoms with Crippen molar-refractivity contribution in [3.05, 3.63) is 81.2 Å². The fraction of sp³-hybridized carbons (Fsp3) is 0.357. The van der Waals surface area contributed by atoms with Crippen LogP contribution in [0.1, 0.15) is 50.7 Å². The Balaban J connectivity index is 1.78. The average Bonchev–Trinajstić information content (AvgIpc) is 2.83. The maximum Gasteiger partial charge on any atom is 0.340 e. The summed E-state index contributed by atoms with van der Waals surface area (Å²) in [5, 5.41) is -0.0571. The molecular formula is C28H29ClFNO6. The molecule has 0 aromatic heterocycles. The van der Waals surface area contributed by atoms with Crippen LogP contribution in [0.25, 0.3) is 0 Å². The number of rotatable bonds is 7. The van der Waals surface area contributed by atoms with Gasteiger partial charge < -0.3 is 24.7 Å². The van der Waals surface area contributed by atoms with Crippen LogP contribution < -0.4 is 15.2 Å². The third-order valence-corrected chi connectivity index (χ3v) is 6.66. The second-order valence-electron chi connectivity index (χ2n) is 9.75. The van der Waals surface area contributed by atoms with Gasteiger partial charge in [-0.25, -0.2) is 9.18 Å². The van der Waals surface area contributed by atoms with E-state index in [0.717, 1.165) is 0 Å². The minimum atomic E-state index is -0.781. The van der Waals surface area contributed by atoms with Crippen LogP contribution in [0, 0.1) is 11.2 Å². The van der Waals surface area contributed by atoms with Gasteiger partial charge in [-0.05, 0) is 42.2 Å². The maximum atomic E-state index is 13.5. The number of Topliss-reactive ketones (excluding diaryl/α,β-unsaturated/α-hetero) is 1. The summed E-state index contributed by atoms with van der Waals surface area (Å²) >= 11 is 5.88. The molecule has 37 heavy (non-hydrogen) atoms. The molecule has 196 valence electrons. The molecule has 0 fully saturated rings. The van der Waals surface area contributed by atoms with Gasteiger partial charge >= 0.3 is 5.97 Å². The third-order valence-electron chi connectivity index (χ3n) is 6.37. The lowest BCUT2D eigenvalue weighted by molar-refractivity contribution is -0.139. The lowest BCUT2D eigenvalue weighted by atomic mass is 9.70. The molecule has 1 aliphatic carbocycles. The van der Waals surface area contributed by atoms with Gasteiger partial charge in [0.05, 0.1) is 24.7 Å². The smallest absolute Gasteiger partial charge is 0.340 e. The van der Waals surface area contributed by atoms with Crippen LogP contribution in [0.2, 0.25) is 5.02 Å². The van der Waals surface area contributed by atoms with Crippen LogP contribution in [0.5, 0.6) is 11.5 Å². The standard InChI is InChI=1S/C28H29ClFNO6/c1-5-35-27(33)25-23(24-20(32)12-28(2,3)13-22(24)37-26(25)31)15-6-9-21(34-4)16(10-15)14-36-17-7-8-19(30)18(29)11-17/h6-11,23H,5,12-14,31H2,1-4H3/t23-/m1/s1. The van der Waals surface area contributed by atoms with Crippen LogP contribution in [-0.2, 0) is 25.7 Å². The van der Waals surface area contributed by atoms with Gasteiger partial charge in [0.2, 0.25) is 5.88 Å². The summed E-state index contributed by atoms with van der Waals surface area (Å²) in [5.74, 6) is -0.804. The van der Waals surface area contributed by atoms with Gasteiger partial charge in [0.15, 0.2) is 5.78 Å². The van der Waals surface area contributed by atoms with E-state index in [4.69, 9.17) is 36.3 Å². The van der Waals surface area contributed by atoms with E-state index in [1.807, 2.05) is 13.8 Å². The minimum absolute atomic E-state index is 0.0571. The molecule has 7 nitrogen and oxygen atoms in total. The first-order valence-corrected chi connectivity index (χ1v) is 12.3. The Morgan fingerprint density at radius 2 is 1.97 bits per heavy atom. The van der Waals surface area contributed by atoms with Crippen molar-refractivity contribution in [2.75, 3.05) is 13.7 Å². The second kappa shape index (κ2) is 10.5. The lowest BCUT2D eigenvalue weighted by Gasteiger charge is -2.38. The average molecular weight is 530 g/mol. The largest absolute Gasteiger partial charge is 0.496 e. The van der Waals surface area contributed by atoms with Gasteiger partial charge in [0, 0.05) is 30.0 Å². The van der Waals surface area contributed by atoms with E-state index >= 15 is 0 Å². The van der Waals surface area contributed by atoms with Crippen molar-refractivity contribution in [1.82, 2.24) is 0 Å². The van der Waals surface area contributed by atoms with Crippen molar-refractivity contribution < 1.29 is 32.9 Å². The Bertz CT molecular complexity index is 1320. The zero-order valence-electron chi connectivity index (χ0n) is 21.2. The number of halogens is 2. The number of carbonyl (C=O) groups is 2. The van der Waals surface area contributed by atoms with E-state index in [9.17, 15) is 14.0 Å². The van der Waals surface area contributed by atoms with Gasteiger partial charge in [0.25, 0.3) is 0 Å². The van der Waals surface area contributed by atoms with E-state index in [1.165, 1.54) is 25.3 Å². The zero-order chi connectivity index (χ0) is 26.9. The Labute approximate surface area is 220 Å². The third kappa shape index (κ3) is 5.44. The number of nitrogens with two attached hydrogens (primary N) is 1. The molecule has 4 rings (SSSR count). The summed E-state index contributed by atoms with van der Waals surface area (Å²) in [4.78, 5) is 26.4. The number of ether oxygens (including phenoxy) is 4. The first kappa shape index (κ1) is 26.5. The lowest BCUT2D eigenvalue weighted by Crippen LogP contribution is -2.35. The van der Waals surface area contributed by atoms with Gasteiger partial charge in [-0.1, -0.05) is 31.5 Å². The van der Waals surface area contributed by atoms with Crippen LogP contribution >= 0.6 is 11.6 Å². The molecule has 0 saturated heterocycles. The number of hydrogen-bond acceptors (Lipinski definition) is 7. The van der Waals surface area contributed by atoms with Gasteiger partial charge in [-0.15, -0.1) is 0 Å². The molecule has 9 heteroatoms. The highest BCUT2D eigenvalue weighted by atomic mass is 35.5. The topological polar surface area (TPSA) is 97.1 Å². The van der Waals surface area contributed by atoms with Crippen molar-refractivity contribution in [1.29, 1.82) is 0 Å². The summed E-state index contributed by atoms with van der Waals surface area (Å²) in [6, 6.07) is 9.38. The molecule has 0 saturated carbocycles. The summed E-state index contributed by atoms with van der Waals surface area (Å²) in [6.45, 7) is 5.85. The quantitative estimate of drug-likeness (QED) is 0.469. The number of hydrogen-bond donors (Lipinski definition) is 1. The van der Waals surface area contributed by atoms with E-state index in [2.05, 4.69) is 0 Å². The number of carbonyl (C=O) groups excluding carboxylic acids is 2. The molecule has 0 spiro atoms. The predicted molar refractivity (Wildman–Crippen MR) is 135 cm³/mol. The molecule has 2 aromatic carbocycles. The molecule has 1 aliphatic heterocycles. The fourth-order valence-electron chi connectivity index (χ4n) is 4.74. The second-order valence-corrected chi connectivity index (χ2v) is 10.2. The van der Waals surface area contributed by atoms with E-state index in [1.54, 1.807) is 25.1 Å². The fourth-order valence-corrected chi connectivity index (χ4v) is 4.91. The molecular weight excluding hydrogens is 501 g/mol. The van der Waals surface area contributed by atoms with Gasteiger partial charge in [0.1, 0.15) is 35.3 Å². The van der Waals surface area contributed by atoms with Crippen molar-refractivity contribution in [2.45, 2.75) is 46.1 Å². The Hall–Kier alpha value is -3.52. The maximum absolute atomic E-state index is 13.5. The molecule has 2 aliphatic rings. The van der Waals surface area contributed by atoms with Crippen molar-refractivity contribution in [3.63, 3.8) is 0 Å². The minimum Gasteiger partial charge on any atom is -0.496 e.